The molecule has 7 nitrogen and oxygen atoms in total. The summed E-state index contributed by atoms with van der Waals surface area (Å²) in [5, 5.41) is 3.10. The van der Waals surface area contributed by atoms with Gasteiger partial charge in [-0.15, -0.1) is 0 Å². The van der Waals surface area contributed by atoms with Crippen LogP contribution >= 0.6 is 0 Å². The SMILES string of the molecule is Cn1c(C(NC(=O)c2cccc(S(=O)(=O)N3CCCCC3)c2)c2ccccc2)nc2ccccc21. The summed E-state index contributed by atoms with van der Waals surface area (Å²) in [7, 11) is -1.71. The number of amides is 1. The smallest absolute Gasteiger partial charge is 0.252 e. The number of imidazole rings is 1. The minimum absolute atomic E-state index is 0.144. The molecular weight excluding hydrogens is 460 g/mol. The van der Waals surface area contributed by atoms with Gasteiger partial charge >= 0.3 is 0 Å². The Morgan fingerprint density at radius 1 is 0.914 bits per heavy atom. The van der Waals surface area contributed by atoms with Gasteiger partial charge in [0, 0.05) is 25.7 Å². The number of carbonyl (C=O) groups is 1. The lowest BCUT2D eigenvalue weighted by atomic mass is 10.1. The lowest BCUT2D eigenvalue weighted by Crippen LogP contribution is -2.36. The van der Waals surface area contributed by atoms with Gasteiger partial charge in [0.05, 0.1) is 15.9 Å². The van der Waals surface area contributed by atoms with Gasteiger partial charge < -0.3 is 9.88 Å². The maximum atomic E-state index is 13.4. The minimum atomic E-state index is -3.64. The number of para-hydroxylation sites is 2. The van der Waals surface area contributed by atoms with E-state index in [-0.39, 0.29) is 10.8 Å². The molecule has 0 spiro atoms. The first-order chi connectivity index (χ1) is 16.9. The molecule has 1 aliphatic rings. The van der Waals surface area contributed by atoms with Gasteiger partial charge in [-0.3, -0.25) is 4.79 Å². The normalized spacial score (nSPS) is 15.7. The average molecular weight is 489 g/mol. The van der Waals surface area contributed by atoms with Crippen LogP contribution in [0.4, 0.5) is 0 Å². The summed E-state index contributed by atoms with van der Waals surface area (Å²) in [6, 6.07) is 23.3. The van der Waals surface area contributed by atoms with E-state index in [0.717, 1.165) is 35.9 Å². The number of aromatic nitrogens is 2. The third-order valence-electron chi connectivity index (χ3n) is 6.54. The Balaban J connectivity index is 1.48. The van der Waals surface area contributed by atoms with E-state index in [2.05, 4.69) is 5.32 Å². The van der Waals surface area contributed by atoms with E-state index in [4.69, 9.17) is 4.98 Å². The van der Waals surface area contributed by atoms with Crippen LogP contribution in [0.2, 0.25) is 0 Å². The third-order valence-corrected chi connectivity index (χ3v) is 8.43. The topological polar surface area (TPSA) is 84.3 Å². The van der Waals surface area contributed by atoms with Crippen molar-refractivity contribution in [2.24, 2.45) is 7.05 Å². The molecule has 1 fully saturated rings. The zero-order valence-corrected chi connectivity index (χ0v) is 20.4. The van der Waals surface area contributed by atoms with Gasteiger partial charge in [0.15, 0.2) is 0 Å². The molecule has 2 heterocycles. The number of hydrogen-bond donors (Lipinski definition) is 1. The maximum Gasteiger partial charge on any atom is 0.252 e. The summed E-state index contributed by atoms with van der Waals surface area (Å²) in [4.78, 5) is 18.4. The van der Waals surface area contributed by atoms with E-state index >= 15 is 0 Å². The van der Waals surface area contributed by atoms with Crippen molar-refractivity contribution in [2.45, 2.75) is 30.2 Å². The molecular formula is C27H28N4O3S. The van der Waals surface area contributed by atoms with Gasteiger partial charge in [0.2, 0.25) is 10.0 Å². The highest BCUT2D eigenvalue weighted by molar-refractivity contribution is 7.89. The molecule has 1 aliphatic heterocycles. The van der Waals surface area contributed by atoms with Crippen LogP contribution in [0.25, 0.3) is 11.0 Å². The second-order valence-corrected chi connectivity index (χ2v) is 10.8. The molecule has 1 amide bonds. The Kier molecular flexibility index (Phi) is 6.40. The molecule has 1 N–H and O–H groups in total. The molecule has 4 aromatic rings. The summed E-state index contributed by atoms with van der Waals surface area (Å²) in [5.74, 6) is 0.337. The van der Waals surface area contributed by atoms with Crippen molar-refractivity contribution in [1.29, 1.82) is 0 Å². The van der Waals surface area contributed by atoms with E-state index in [1.807, 2.05) is 66.2 Å². The molecule has 0 radical (unpaired) electrons. The summed E-state index contributed by atoms with van der Waals surface area (Å²) >= 11 is 0. The standard InChI is InChI=1S/C27H28N4O3S/c1-30-24-16-7-6-15-23(24)28-26(30)25(20-11-4-2-5-12-20)29-27(32)21-13-10-14-22(19-21)35(33,34)31-17-8-3-9-18-31/h2,4-7,10-16,19,25H,3,8-9,17-18H2,1H3,(H,29,32). The van der Waals surface area contributed by atoms with Crippen molar-refractivity contribution in [3.8, 4) is 0 Å². The number of piperidine rings is 1. The number of rotatable bonds is 6. The molecule has 180 valence electrons. The monoisotopic (exact) mass is 488 g/mol. The minimum Gasteiger partial charge on any atom is -0.338 e. The Morgan fingerprint density at radius 3 is 2.37 bits per heavy atom. The largest absolute Gasteiger partial charge is 0.338 e. The molecule has 1 saturated heterocycles. The second kappa shape index (κ2) is 9.64. The number of aryl methyl sites for hydroxylation is 1. The van der Waals surface area contributed by atoms with Crippen LogP contribution in [0.15, 0.2) is 83.8 Å². The number of carbonyl (C=O) groups excluding carboxylic acids is 1. The van der Waals surface area contributed by atoms with E-state index in [0.29, 0.717) is 24.5 Å². The van der Waals surface area contributed by atoms with Crippen LogP contribution in [-0.4, -0.2) is 41.3 Å². The zero-order valence-electron chi connectivity index (χ0n) is 19.6. The zero-order chi connectivity index (χ0) is 24.4. The molecule has 1 aromatic heterocycles. The number of nitrogens with zero attached hydrogens (tertiary/aromatic N) is 3. The maximum absolute atomic E-state index is 13.4. The predicted octanol–water partition coefficient (Wildman–Crippen LogP) is 4.27. The van der Waals surface area contributed by atoms with Crippen molar-refractivity contribution in [2.75, 3.05) is 13.1 Å². The first kappa shape index (κ1) is 23.3. The second-order valence-electron chi connectivity index (χ2n) is 8.83. The molecule has 3 aromatic carbocycles. The van der Waals surface area contributed by atoms with Gasteiger partial charge in [-0.05, 0) is 48.7 Å². The van der Waals surface area contributed by atoms with Crippen molar-refractivity contribution in [1.82, 2.24) is 19.2 Å². The summed E-state index contributed by atoms with van der Waals surface area (Å²) < 4.78 is 29.8. The Bertz CT molecular complexity index is 1460. The fraction of sp³-hybridized carbons (Fsp3) is 0.259. The fourth-order valence-electron chi connectivity index (χ4n) is 4.63. The van der Waals surface area contributed by atoms with Gasteiger partial charge in [-0.25, -0.2) is 13.4 Å². The first-order valence-electron chi connectivity index (χ1n) is 11.8. The number of sulfonamides is 1. The molecule has 1 unspecified atom stereocenters. The van der Waals surface area contributed by atoms with Crippen molar-refractivity contribution in [3.63, 3.8) is 0 Å². The van der Waals surface area contributed by atoms with E-state index in [1.54, 1.807) is 18.2 Å². The summed E-state index contributed by atoms with van der Waals surface area (Å²) in [6.45, 7) is 1.03. The van der Waals surface area contributed by atoms with Gasteiger partial charge in [-0.1, -0.05) is 55.0 Å². The number of nitrogens with one attached hydrogen (secondary N) is 1. The molecule has 1 atom stereocenters. The van der Waals surface area contributed by atoms with Crippen molar-refractivity contribution in [3.05, 3.63) is 95.8 Å². The van der Waals surface area contributed by atoms with Crippen LogP contribution < -0.4 is 5.32 Å². The van der Waals surface area contributed by atoms with Crippen LogP contribution in [0.3, 0.4) is 0 Å². The van der Waals surface area contributed by atoms with E-state index < -0.39 is 16.1 Å². The summed E-state index contributed by atoms with van der Waals surface area (Å²) in [6.07, 6.45) is 2.75. The van der Waals surface area contributed by atoms with Crippen LogP contribution in [-0.2, 0) is 17.1 Å². The highest BCUT2D eigenvalue weighted by atomic mass is 32.2. The molecule has 0 aliphatic carbocycles. The third kappa shape index (κ3) is 4.59. The van der Waals surface area contributed by atoms with Crippen molar-refractivity contribution < 1.29 is 13.2 Å². The lowest BCUT2D eigenvalue weighted by molar-refractivity contribution is 0.0941. The molecule has 5 rings (SSSR count). The molecule has 0 bridgehead atoms. The fourth-order valence-corrected chi connectivity index (χ4v) is 6.19. The summed E-state index contributed by atoms with van der Waals surface area (Å²) in [5.41, 5.74) is 2.99. The molecule has 35 heavy (non-hydrogen) atoms. The predicted molar refractivity (Wildman–Crippen MR) is 136 cm³/mol. The first-order valence-corrected chi connectivity index (χ1v) is 13.3. The number of benzene rings is 3. The highest BCUT2D eigenvalue weighted by Gasteiger charge is 2.28. The molecule has 8 heteroatoms. The Morgan fingerprint density at radius 2 is 1.63 bits per heavy atom. The van der Waals surface area contributed by atoms with E-state index in [1.165, 1.54) is 10.4 Å². The van der Waals surface area contributed by atoms with Crippen LogP contribution in [0, 0.1) is 0 Å². The highest BCUT2D eigenvalue weighted by Crippen LogP contribution is 2.26. The van der Waals surface area contributed by atoms with Crippen LogP contribution in [0.5, 0.6) is 0 Å². The van der Waals surface area contributed by atoms with Crippen molar-refractivity contribution >= 4 is 27.0 Å². The Hall–Kier alpha value is -3.49. The quantitative estimate of drug-likeness (QED) is 0.439. The average Bonchev–Trinajstić information content (AvgIpc) is 3.24. The van der Waals surface area contributed by atoms with E-state index in [9.17, 15) is 13.2 Å². The number of hydrogen-bond acceptors (Lipinski definition) is 4. The molecule has 0 saturated carbocycles. The van der Waals surface area contributed by atoms with Crippen LogP contribution in [0.1, 0.15) is 47.1 Å². The lowest BCUT2D eigenvalue weighted by Gasteiger charge is -2.26. The van der Waals surface area contributed by atoms with Gasteiger partial charge in [0.1, 0.15) is 11.9 Å². The van der Waals surface area contributed by atoms with Gasteiger partial charge in [-0.2, -0.15) is 4.31 Å². The van der Waals surface area contributed by atoms with Gasteiger partial charge in [0.25, 0.3) is 5.91 Å². The number of fused-ring (bicyclic) bond motifs is 1. The Labute approximate surface area is 205 Å².